The lowest BCUT2D eigenvalue weighted by Gasteiger charge is -2.15. The second kappa shape index (κ2) is 9.01. The third-order valence-corrected chi connectivity index (χ3v) is 5.25. The van der Waals surface area contributed by atoms with Crippen molar-refractivity contribution in [2.24, 2.45) is 0 Å². The summed E-state index contributed by atoms with van der Waals surface area (Å²) in [7, 11) is 4.53. The number of anilines is 1. The zero-order valence-corrected chi connectivity index (χ0v) is 18.0. The highest BCUT2D eigenvalue weighted by Crippen LogP contribution is 2.40. The Balaban J connectivity index is 1.74. The number of hydrogen-bond donors (Lipinski definition) is 1. The molecule has 32 heavy (non-hydrogen) atoms. The normalized spacial score (nSPS) is 10.8. The van der Waals surface area contributed by atoms with Crippen LogP contribution < -0.4 is 19.5 Å². The molecule has 0 fully saturated rings. The monoisotopic (exact) mass is 434 g/mol. The second-order valence-electron chi connectivity index (χ2n) is 7.13. The van der Waals surface area contributed by atoms with E-state index in [1.54, 1.807) is 41.0 Å². The van der Waals surface area contributed by atoms with Crippen LogP contribution in [-0.4, -0.2) is 31.8 Å². The van der Waals surface area contributed by atoms with Crippen molar-refractivity contribution in [3.05, 3.63) is 83.8 Å². The summed E-state index contributed by atoms with van der Waals surface area (Å²) in [5, 5.41) is 3.78. The van der Waals surface area contributed by atoms with E-state index in [1.165, 1.54) is 27.4 Å². The van der Waals surface area contributed by atoms with Gasteiger partial charge in [-0.2, -0.15) is 0 Å². The van der Waals surface area contributed by atoms with Crippen molar-refractivity contribution in [1.82, 2.24) is 4.57 Å². The summed E-state index contributed by atoms with van der Waals surface area (Å²) in [5.74, 6) is 0.623. The van der Waals surface area contributed by atoms with Gasteiger partial charge in [-0.15, -0.1) is 0 Å². The molecule has 0 radical (unpaired) electrons. The zero-order chi connectivity index (χ0) is 22.7. The molecule has 6 nitrogen and oxygen atoms in total. The summed E-state index contributed by atoms with van der Waals surface area (Å²) < 4.78 is 32.2. The molecule has 4 aromatic rings. The van der Waals surface area contributed by atoms with Gasteiger partial charge in [-0.3, -0.25) is 4.79 Å². The maximum Gasteiger partial charge on any atom is 0.272 e. The molecular formula is C25H23FN2O4. The largest absolute Gasteiger partial charge is 0.493 e. The van der Waals surface area contributed by atoms with Crippen LogP contribution in [-0.2, 0) is 6.54 Å². The number of nitrogens with zero attached hydrogens (tertiary/aromatic N) is 1. The van der Waals surface area contributed by atoms with E-state index in [4.69, 9.17) is 14.2 Å². The van der Waals surface area contributed by atoms with Crippen molar-refractivity contribution in [2.45, 2.75) is 6.54 Å². The minimum Gasteiger partial charge on any atom is -0.493 e. The van der Waals surface area contributed by atoms with Gasteiger partial charge in [-0.25, -0.2) is 4.39 Å². The van der Waals surface area contributed by atoms with E-state index in [9.17, 15) is 9.18 Å². The van der Waals surface area contributed by atoms with Gasteiger partial charge in [0.25, 0.3) is 5.91 Å². The Kier molecular flexibility index (Phi) is 5.98. The van der Waals surface area contributed by atoms with Crippen molar-refractivity contribution in [3.63, 3.8) is 0 Å². The number of carbonyl (C=O) groups excluding carboxylic acids is 1. The zero-order valence-electron chi connectivity index (χ0n) is 18.0. The van der Waals surface area contributed by atoms with Crippen LogP contribution in [0.5, 0.6) is 17.2 Å². The Morgan fingerprint density at radius 3 is 2.22 bits per heavy atom. The second-order valence-corrected chi connectivity index (χ2v) is 7.13. The van der Waals surface area contributed by atoms with E-state index >= 15 is 0 Å². The molecule has 0 unspecified atom stereocenters. The van der Waals surface area contributed by atoms with Crippen molar-refractivity contribution in [2.75, 3.05) is 26.6 Å². The predicted molar refractivity (Wildman–Crippen MR) is 121 cm³/mol. The molecule has 3 aromatic carbocycles. The molecular weight excluding hydrogens is 411 g/mol. The lowest BCUT2D eigenvalue weighted by Crippen LogP contribution is -2.18. The maximum absolute atomic E-state index is 14.3. The first-order chi connectivity index (χ1) is 15.5. The topological polar surface area (TPSA) is 61.7 Å². The molecule has 7 heteroatoms. The van der Waals surface area contributed by atoms with Crippen LogP contribution >= 0.6 is 0 Å². The lowest BCUT2D eigenvalue weighted by molar-refractivity contribution is 0.101. The molecule has 4 rings (SSSR count). The summed E-state index contributed by atoms with van der Waals surface area (Å²) in [4.78, 5) is 13.3. The summed E-state index contributed by atoms with van der Waals surface area (Å²) >= 11 is 0. The fraction of sp³-hybridized carbons (Fsp3) is 0.160. The lowest BCUT2D eigenvalue weighted by atomic mass is 10.2. The fourth-order valence-electron chi connectivity index (χ4n) is 3.71. The molecule has 164 valence electrons. The Hall–Kier alpha value is -4.00. The summed E-state index contributed by atoms with van der Waals surface area (Å²) in [6, 6.07) is 19.3. The fourth-order valence-corrected chi connectivity index (χ4v) is 3.71. The average molecular weight is 434 g/mol. The molecule has 0 atom stereocenters. The molecule has 0 aliphatic carbocycles. The summed E-state index contributed by atoms with van der Waals surface area (Å²) in [6.07, 6.45) is 0. The van der Waals surface area contributed by atoms with Crippen LogP contribution in [0.1, 0.15) is 16.1 Å². The van der Waals surface area contributed by atoms with Gasteiger partial charge >= 0.3 is 0 Å². The van der Waals surface area contributed by atoms with Crippen molar-refractivity contribution in [3.8, 4) is 17.2 Å². The smallest absolute Gasteiger partial charge is 0.272 e. The number of para-hydroxylation sites is 1. The van der Waals surface area contributed by atoms with Crippen LogP contribution in [0.25, 0.3) is 10.9 Å². The van der Waals surface area contributed by atoms with Gasteiger partial charge < -0.3 is 24.1 Å². The average Bonchev–Trinajstić information content (AvgIpc) is 3.18. The van der Waals surface area contributed by atoms with E-state index in [0.717, 1.165) is 10.9 Å². The molecule has 0 aliphatic rings. The Labute approximate surface area is 185 Å². The van der Waals surface area contributed by atoms with Gasteiger partial charge in [0.2, 0.25) is 5.75 Å². The first-order valence-corrected chi connectivity index (χ1v) is 9.98. The standard InChI is InChI=1S/C25H23FN2O4/c1-30-22-13-18(14-23(31-2)24(22)32-3)27-25(29)21-12-16-8-5-7-11-20(16)28(21)15-17-9-4-6-10-19(17)26/h4-14H,15H2,1-3H3,(H,27,29). The minimum atomic E-state index is -0.341. The third kappa shape index (κ3) is 3.97. The Bertz CT molecular complexity index is 1260. The number of methoxy groups -OCH3 is 3. The number of hydrogen-bond acceptors (Lipinski definition) is 4. The summed E-state index contributed by atoms with van der Waals surface area (Å²) in [5.41, 5.74) is 2.22. The molecule has 1 amide bonds. The van der Waals surface area contributed by atoms with Crippen molar-refractivity contribution < 1.29 is 23.4 Å². The van der Waals surface area contributed by atoms with E-state index in [-0.39, 0.29) is 18.3 Å². The van der Waals surface area contributed by atoms with Crippen molar-refractivity contribution in [1.29, 1.82) is 0 Å². The van der Waals surface area contributed by atoms with Gasteiger partial charge in [-0.05, 0) is 18.2 Å². The first kappa shape index (κ1) is 21.2. The number of fused-ring (bicyclic) bond motifs is 1. The highest BCUT2D eigenvalue weighted by atomic mass is 19.1. The van der Waals surface area contributed by atoms with Gasteiger partial charge in [0.15, 0.2) is 11.5 Å². The number of benzene rings is 3. The van der Waals surface area contributed by atoms with Gasteiger partial charge in [0.1, 0.15) is 11.5 Å². The number of carbonyl (C=O) groups is 1. The van der Waals surface area contributed by atoms with Gasteiger partial charge in [0, 0.05) is 34.3 Å². The van der Waals surface area contributed by atoms with Crippen LogP contribution in [0.3, 0.4) is 0 Å². The number of halogens is 1. The number of nitrogens with one attached hydrogen (secondary N) is 1. The van der Waals surface area contributed by atoms with Crippen LogP contribution in [0.2, 0.25) is 0 Å². The highest BCUT2D eigenvalue weighted by molar-refractivity contribution is 6.06. The molecule has 1 aromatic heterocycles. The van der Waals surface area contributed by atoms with E-state index in [0.29, 0.717) is 34.2 Å². The predicted octanol–water partition coefficient (Wildman–Crippen LogP) is 5.11. The van der Waals surface area contributed by atoms with Gasteiger partial charge in [0.05, 0.1) is 27.9 Å². The molecule has 0 spiro atoms. The SMILES string of the molecule is COc1cc(NC(=O)c2cc3ccccc3n2Cc2ccccc2F)cc(OC)c1OC. The van der Waals surface area contributed by atoms with Crippen molar-refractivity contribution >= 4 is 22.5 Å². The van der Waals surface area contributed by atoms with Crippen LogP contribution in [0.4, 0.5) is 10.1 Å². The number of rotatable bonds is 7. The number of amides is 1. The third-order valence-electron chi connectivity index (χ3n) is 5.25. The van der Waals surface area contributed by atoms with E-state index in [1.807, 2.05) is 24.3 Å². The molecule has 0 aliphatic heterocycles. The minimum absolute atomic E-state index is 0.220. The van der Waals surface area contributed by atoms with Crippen LogP contribution in [0, 0.1) is 5.82 Å². The maximum atomic E-state index is 14.3. The number of aromatic nitrogens is 1. The Morgan fingerprint density at radius 1 is 0.906 bits per heavy atom. The quantitative estimate of drug-likeness (QED) is 0.439. The van der Waals surface area contributed by atoms with E-state index in [2.05, 4.69) is 5.32 Å². The van der Waals surface area contributed by atoms with Crippen LogP contribution in [0.15, 0.2) is 66.7 Å². The number of ether oxygens (including phenoxy) is 3. The van der Waals surface area contributed by atoms with Gasteiger partial charge in [-0.1, -0.05) is 36.4 Å². The molecule has 1 heterocycles. The molecule has 0 saturated carbocycles. The Morgan fingerprint density at radius 2 is 1.56 bits per heavy atom. The molecule has 0 saturated heterocycles. The molecule has 0 bridgehead atoms. The highest BCUT2D eigenvalue weighted by Gasteiger charge is 2.19. The molecule has 1 N–H and O–H groups in total. The first-order valence-electron chi connectivity index (χ1n) is 9.98. The van der Waals surface area contributed by atoms with E-state index < -0.39 is 0 Å². The summed E-state index contributed by atoms with van der Waals surface area (Å²) in [6.45, 7) is 0.220.